The molecule has 5 nitrogen and oxygen atoms in total. The van der Waals surface area contributed by atoms with Gasteiger partial charge in [-0.25, -0.2) is 0 Å². The molecule has 0 saturated heterocycles. The van der Waals surface area contributed by atoms with Gasteiger partial charge in [-0.2, -0.15) is 5.26 Å². The number of para-hydroxylation sites is 1. The number of Topliss-reactive ketones (excluding diaryl/α,β-unsaturated/α-hetero) is 1. The summed E-state index contributed by atoms with van der Waals surface area (Å²) in [5.41, 5.74) is 0.976. The molecule has 0 heterocycles. The Balaban J connectivity index is 2.38. The number of rotatable bonds is 8. The van der Waals surface area contributed by atoms with Crippen molar-refractivity contribution in [2.75, 3.05) is 20.8 Å². The topological polar surface area (TPSA) is 68.5 Å². The number of carbonyl (C=O) groups is 1. The van der Waals surface area contributed by atoms with E-state index in [1.54, 1.807) is 48.5 Å². The van der Waals surface area contributed by atoms with Crippen molar-refractivity contribution in [2.45, 2.75) is 0 Å². The summed E-state index contributed by atoms with van der Waals surface area (Å²) in [6.07, 6.45) is 3.14. The van der Waals surface area contributed by atoms with E-state index in [4.69, 9.17) is 14.2 Å². The first kappa shape index (κ1) is 18.8. The Hall–Kier alpha value is -3.52. The molecule has 0 aliphatic rings. The summed E-state index contributed by atoms with van der Waals surface area (Å²) in [6.45, 7) is 3.95. The molecule has 0 atom stereocenters. The maximum absolute atomic E-state index is 12.7. The number of benzene rings is 2. The molecular weight excluding hydrogens is 330 g/mol. The minimum absolute atomic E-state index is 0.00341. The fraction of sp³-hybridized carbons (Fsp3) is 0.143. The third-order valence-corrected chi connectivity index (χ3v) is 3.57. The number of ketones is 1. The van der Waals surface area contributed by atoms with Gasteiger partial charge in [0.2, 0.25) is 5.78 Å². The van der Waals surface area contributed by atoms with Gasteiger partial charge >= 0.3 is 0 Å². The number of hydrogen-bond acceptors (Lipinski definition) is 5. The van der Waals surface area contributed by atoms with Gasteiger partial charge in [0.15, 0.2) is 11.5 Å². The zero-order valence-electron chi connectivity index (χ0n) is 14.7. The number of nitriles is 1. The second kappa shape index (κ2) is 9.09. The Bertz CT molecular complexity index is 878. The highest BCUT2D eigenvalue weighted by atomic mass is 16.5. The number of allylic oxidation sites excluding steroid dienone is 1. The molecule has 0 saturated carbocycles. The molecule has 0 N–H and O–H groups in total. The van der Waals surface area contributed by atoms with Crippen molar-refractivity contribution in [2.24, 2.45) is 0 Å². The molecule has 2 aromatic carbocycles. The molecule has 5 heteroatoms. The van der Waals surface area contributed by atoms with E-state index in [1.807, 2.05) is 6.07 Å². The molecule has 0 bridgehead atoms. The van der Waals surface area contributed by atoms with Crippen LogP contribution in [-0.4, -0.2) is 26.6 Å². The molecule has 2 aromatic rings. The van der Waals surface area contributed by atoms with Crippen LogP contribution in [0.4, 0.5) is 0 Å². The summed E-state index contributed by atoms with van der Waals surface area (Å²) < 4.78 is 16.0. The van der Waals surface area contributed by atoms with Gasteiger partial charge < -0.3 is 14.2 Å². The van der Waals surface area contributed by atoms with Gasteiger partial charge in [-0.1, -0.05) is 30.9 Å². The second-order valence-electron chi connectivity index (χ2n) is 5.21. The molecule has 0 unspecified atom stereocenters. The predicted molar refractivity (Wildman–Crippen MR) is 99.6 cm³/mol. The van der Waals surface area contributed by atoms with E-state index in [-0.39, 0.29) is 5.57 Å². The van der Waals surface area contributed by atoms with Crippen LogP contribution in [0.15, 0.2) is 60.7 Å². The number of methoxy groups -OCH3 is 2. The van der Waals surface area contributed by atoms with Crippen LogP contribution in [-0.2, 0) is 0 Å². The van der Waals surface area contributed by atoms with Crippen molar-refractivity contribution in [3.63, 3.8) is 0 Å². The summed E-state index contributed by atoms with van der Waals surface area (Å²) in [5.74, 6) is 1.07. The highest BCUT2D eigenvalue weighted by Crippen LogP contribution is 2.29. The first-order valence-corrected chi connectivity index (χ1v) is 7.85. The SMILES string of the molecule is C=CCOc1ccc(/C=C(\C#N)C(=O)c2ccccc2OC)cc1OC. The molecule has 0 fully saturated rings. The van der Waals surface area contributed by atoms with Crippen LogP contribution in [0, 0.1) is 11.3 Å². The van der Waals surface area contributed by atoms with E-state index in [1.165, 1.54) is 20.3 Å². The van der Waals surface area contributed by atoms with Crippen molar-refractivity contribution >= 4 is 11.9 Å². The fourth-order valence-electron chi connectivity index (χ4n) is 2.33. The molecule has 0 spiro atoms. The van der Waals surface area contributed by atoms with Crippen LogP contribution in [0.3, 0.4) is 0 Å². The number of nitrogens with zero attached hydrogens (tertiary/aromatic N) is 1. The second-order valence-corrected chi connectivity index (χ2v) is 5.21. The summed E-state index contributed by atoms with van der Waals surface area (Å²) in [4.78, 5) is 12.7. The van der Waals surface area contributed by atoms with Gasteiger partial charge in [0.25, 0.3) is 0 Å². The number of hydrogen-bond donors (Lipinski definition) is 0. The minimum atomic E-state index is -0.407. The lowest BCUT2D eigenvalue weighted by Crippen LogP contribution is -2.04. The van der Waals surface area contributed by atoms with E-state index in [2.05, 4.69) is 6.58 Å². The monoisotopic (exact) mass is 349 g/mol. The Kier molecular flexibility index (Phi) is 6.58. The third-order valence-electron chi connectivity index (χ3n) is 3.57. The first-order valence-electron chi connectivity index (χ1n) is 7.85. The number of carbonyl (C=O) groups excluding carboxylic acids is 1. The summed E-state index contributed by atoms with van der Waals surface area (Å²) in [5, 5.41) is 9.43. The Morgan fingerprint density at radius 3 is 2.50 bits per heavy atom. The summed E-state index contributed by atoms with van der Waals surface area (Å²) in [7, 11) is 3.00. The minimum Gasteiger partial charge on any atom is -0.496 e. The molecule has 0 amide bonds. The van der Waals surface area contributed by atoms with Gasteiger partial charge in [-0.05, 0) is 35.9 Å². The predicted octanol–water partition coefficient (Wildman–Crippen LogP) is 4.06. The van der Waals surface area contributed by atoms with E-state index in [9.17, 15) is 10.1 Å². The summed E-state index contributed by atoms with van der Waals surface area (Å²) >= 11 is 0. The van der Waals surface area contributed by atoms with E-state index in [0.717, 1.165) is 0 Å². The van der Waals surface area contributed by atoms with Gasteiger partial charge in [0.05, 0.1) is 19.8 Å². The highest BCUT2D eigenvalue weighted by molar-refractivity contribution is 6.15. The Morgan fingerprint density at radius 2 is 1.85 bits per heavy atom. The molecule has 0 radical (unpaired) electrons. The molecule has 26 heavy (non-hydrogen) atoms. The van der Waals surface area contributed by atoms with Crippen molar-refractivity contribution in [1.29, 1.82) is 5.26 Å². The summed E-state index contributed by atoms with van der Waals surface area (Å²) in [6, 6.07) is 13.9. The quantitative estimate of drug-likeness (QED) is 0.311. The van der Waals surface area contributed by atoms with Crippen molar-refractivity contribution in [1.82, 2.24) is 0 Å². The molecule has 0 aromatic heterocycles. The molecule has 0 aliphatic heterocycles. The van der Waals surface area contributed by atoms with Gasteiger partial charge in [-0.15, -0.1) is 0 Å². The Labute approximate surface area is 152 Å². The van der Waals surface area contributed by atoms with E-state index >= 15 is 0 Å². The van der Waals surface area contributed by atoms with E-state index in [0.29, 0.717) is 35.0 Å². The van der Waals surface area contributed by atoms with Crippen LogP contribution in [0.25, 0.3) is 6.08 Å². The maximum atomic E-state index is 12.7. The van der Waals surface area contributed by atoms with Crippen molar-refractivity contribution < 1.29 is 19.0 Å². The first-order chi connectivity index (χ1) is 12.6. The molecule has 2 rings (SSSR count). The number of ether oxygens (including phenoxy) is 3. The Morgan fingerprint density at radius 1 is 1.12 bits per heavy atom. The fourth-order valence-corrected chi connectivity index (χ4v) is 2.33. The van der Waals surface area contributed by atoms with Crippen LogP contribution in [0.1, 0.15) is 15.9 Å². The lowest BCUT2D eigenvalue weighted by atomic mass is 10.0. The zero-order chi connectivity index (χ0) is 18.9. The van der Waals surface area contributed by atoms with Gasteiger partial charge in [0, 0.05) is 0 Å². The van der Waals surface area contributed by atoms with Crippen molar-refractivity contribution in [3.8, 4) is 23.3 Å². The van der Waals surface area contributed by atoms with Crippen LogP contribution < -0.4 is 14.2 Å². The molecule has 0 aliphatic carbocycles. The van der Waals surface area contributed by atoms with Crippen LogP contribution in [0.2, 0.25) is 0 Å². The largest absolute Gasteiger partial charge is 0.496 e. The lowest BCUT2D eigenvalue weighted by Gasteiger charge is -2.10. The maximum Gasteiger partial charge on any atom is 0.207 e. The van der Waals surface area contributed by atoms with E-state index < -0.39 is 5.78 Å². The zero-order valence-corrected chi connectivity index (χ0v) is 14.7. The average molecular weight is 349 g/mol. The highest BCUT2D eigenvalue weighted by Gasteiger charge is 2.17. The standard InChI is InChI=1S/C21H19NO4/c1-4-11-26-19-10-9-15(13-20(19)25-3)12-16(14-22)21(23)17-7-5-6-8-18(17)24-2/h4-10,12-13H,1,11H2,2-3H3/b16-12+. The van der Waals surface area contributed by atoms with Crippen LogP contribution >= 0.6 is 0 Å². The lowest BCUT2D eigenvalue weighted by molar-refractivity contribution is 0.103. The average Bonchev–Trinajstić information content (AvgIpc) is 2.70. The molecular formula is C21H19NO4. The normalized spacial score (nSPS) is 10.6. The van der Waals surface area contributed by atoms with Crippen molar-refractivity contribution in [3.05, 3.63) is 71.8 Å². The third kappa shape index (κ3) is 4.31. The van der Waals surface area contributed by atoms with Gasteiger partial charge in [-0.3, -0.25) is 4.79 Å². The smallest absolute Gasteiger partial charge is 0.207 e. The van der Waals surface area contributed by atoms with Crippen LogP contribution in [0.5, 0.6) is 17.2 Å². The molecule has 132 valence electrons. The van der Waals surface area contributed by atoms with Gasteiger partial charge in [0.1, 0.15) is 24.0 Å².